The highest BCUT2D eigenvalue weighted by molar-refractivity contribution is 4.87. The fraction of sp³-hybridized carbons (Fsp3) is 1.00. The summed E-state index contributed by atoms with van der Waals surface area (Å²) >= 11 is 0. The number of hydrogen-bond donors (Lipinski definition) is 1. The van der Waals surface area contributed by atoms with Crippen LogP contribution in [0, 0.1) is 11.8 Å². The van der Waals surface area contributed by atoms with E-state index in [1.165, 1.54) is 39.1 Å². The summed E-state index contributed by atoms with van der Waals surface area (Å²) in [6, 6.07) is 0. The number of rotatable bonds is 1. The second-order valence-electron chi connectivity index (χ2n) is 3.86. The average Bonchev–Trinajstić information content (AvgIpc) is 2.50. The highest BCUT2D eigenvalue weighted by Crippen LogP contribution is 2.25. The maximum atomic E-state index is 3.48. The van der Waals surface area contributed by atoms with Gasteiger partial charge >= 0.3 is 0 Å². The molecule has 2 heteroatoms. The van der Waals surface area contributed by atoms with Crippen LogP contribution in [0.4, 0.5) is 0 Å². The summed E-state index contributed by atoms with van der Waals surface area (Å²) < 4.78 is 0. The van der Waals surface area contributed by atoms with Gasteiger partial charge in [0.2, 0.25) is 0 Å². The van der Waals surface area contributed by atoms with Crippen molar-refractivity contribution >= 4 is 0 Å². The van der Waals surface area contributed by atoms with Crippen molar-refractivity contribution in [2.24, 2.45) is 11.8 Å². The van der Waals surface area contributed by atoms with Crippen LogP contribution in [0.3, 0.4) is 0 Å². The maximum Gasteiger partial charge on any atom is 0.00248 e. The van der Waals surface area contributed by atoms with Crippen molar-refractivity contribution in [1.29, 1.82) is 0 Å². The van der Waals surface area contributed by atoms with Crippen LogP contribution in [-0.2, 0) is 0 Å². The van der Waals surface area contributed by atoms with E-state index < -0.39 is 0 Å². The van der Waals surface area contributed by atoms with Crippen LogP contribution >= 0.6 is 0 Å². The molecule has 1 N–H and O–H groups in total. The molecular weight excluding hydrogens is 136 g/mol. The largest absolute Gasteiger partial charge is 0.316 e. The SMILES string of the molecule is CCN1CCC2CNCC2C1.[HH]. The topological polar surface area (TPSA) is 15.3 Å². The van der Waals surface area contributed by atoms with Crippen molar-refractivity contribution in [3.63, 3.8) is 0 Å². The van der Waals surface area contributed by atoms with Crippen LogP contribution in [0.15, 0.2) is 0 Å². The number of hydrogen-bond acceptors (Lipinski definition) is 2. The van der Waals surface area contributed by atoms with E-state index in [1.807, 2.05) is 0 Å². The number of likely N-dealkylation sites (tertiary alicyclic amines) is 1. The Labute approximate surface area is 70.4 Å². The van der Waals surface area contributed by atoms with Crippen molar-refractivity contribution in [1.82, 2.24) is 10.2 Å². The number of nitrogens with zero attached hydrogens (tertiary/aromatic N) is 1. The van der Waals surface area contributed by atoms with E-state index in [4.69, 9.17) is 0 Å². The van der Waals surface area contributed by atoms with Gasteiger partial charge in [-0.25, -0.2) is 0 Å². The highest BCUT2D eigenvalue weighted by Gasteiger charge is 2.31. The van der Waals surface area contributed by atoms with Crippen LogP contribution in [0.25, 0.3) is 0 Å². The second kappa shape index (κ2) is 3.11. The zero-order valence-corrected chi connectivity index (χ0v) is 7.34. The van der Waals surface area contributed by atoms with E-state index in [1.54, 1.807) is 0 Å². The second-order valence-corrected chi connectivity index (χ2v) is 3.86. The van der Waals surface area contributed by atoms with Gasteiger partial charge in [0.1, 0.15) is 0 Å². The van der Waals surface area contributed by atoms with E-state index in [2.05, 4.69) is 17.1 Å². The predicted octanol–water partition coefficient (Wildman–Crippen LogP) is 0.794. The molecule has 0 aliphatic carbocycles. The van der Waals surface area contributed by atoms with Gasteiger partial charge in [0.05, 0.1) is 0 Å². The molecule has 2 saturated heterocycles. The lowest BCUT2D eigenvalue weighted by atomic mass is 9.89. The summed E-state index contributed by atoms with van der Waals surface area (Å²) in [6.45, 7) is 8.73. The monoisotopic (exact) mass is 156 g/mol. The van der Waals surface area contributed by atoms with Gasteiger partial charge in [-0.15, -0.1) is 0 Å². The number of piperidine rings is 1. The summed E-state index contributed by atoms with van der Waals surface area (Å²) in [4.78, 5) is 2.58. The Morgan fingerprint density at radius 1 is 1.45 bits per heavy atom. The first-order valence-electron chi connectivity index (χ1n) is 4.83. The zero-order valence-electron chi connectivity index (χ0n) is 7.34. The van der Waals surface area contributed by atoms with E-state index in [9.17, 15) is 0 Å². The molecule has 66 valence electrons. The van der Waals surface area contributed by atoms with Crippen molar-refractivity contribution in [3.05, 3.63) is 0 Å². The Hall–Kier alpha value is -0.0800. The Bertz CT molecular complexity index is 140. The molecule has 2 unspecified atom stereocenters. The number of nitrogens with one attached hydrogen (secondary N) is 1. The Kier molecular flexibility index (Phi) is 2.14. The van der Waals surface area contributed by atoms with Gasteiger partial charge in [-0.3, -0.25) is 0 Å². The molecule has 2 fully saturated rings. The van der Waals surface area contributed by atoms with Crippen LogP contribution in [0.1, 0.15) is 14.8 Å². The van der Waals surface area contributed by atoms with Gasteiger partial charge < -0.3 is 10.2 Å². The first-order valence-corrected chi connectivity index (χ1v) is 4.83. The van der Waals surface area contributed by atoms with Gasteiger partial charge in [0, 0.05) is 7.97 Å². The first kappa shape index (κ1) is 7.56. The molecule has 0 aromatic rings. The summed E-state index contributed by atoms with van der Waals surface area (Å²) in [7, 11) is 0. The Morgan fingerprint density at radius 2 is 2.27 bits per heavy atom. The van der Waals surface area contributed by atoms with E-state index in [0.717, 1.165) is 11.8 Å². The molecular formula is C9H20N2. The molecule has 0 aromatic carbocycles. The first-order chi connectivity index (χ1) is 5.40. The summed E-state index contributed by atoms with van der Waals surface area (Å²) in [5.74, 6) is 1.96. The molecule has 11 heavy (non-hydrogen) atoms. The summed E-state index contributed by atoms with van der Waals surface area (Å²) in [5.41, 5.74) is 0. The predicted molar refractivity (Wildman–Crippen MR) is 48.7 cm³/mol. The lowest BCUT2D eigenvalue weighted by Gasteiger charge is -2.33. The van der Waals surface area contributed by atoms with Gasteiger partial charge in [-0.2, -0.15) is 0 Å². The van der Waals surface area contributed by atoms with Gasteiger partial charge in [-0.1, -0.05) is 6.92 Å². The highest BCUT2D eigenvalue weighted by atomic mass is 15.1. The standard InChI is InChI=1S/C9H18N2.H2/c1-2-11-4-3-8-5-10-6-9(8)7-11;/h8-10H,2-7H2,1H3;1H. The van der Waals surface area contributed by atoms with Crippen LogP contribution < -0.4 is 5.32 Å². The van der Waals surface area contributed by atoms with E-state index >= 15 is 0 Å². The maximum absolute atomic E-state index is 3.48. The Morgan fingerprint density at radius 3 is 3.09 bits per heavy atom. The summed E-state index contributed by atoms with van der Waals surface area (Å²) in [6.07, 6.45) is 1.42. The molecule has 0 saturated carbocycles. The molecule has 2 atom stereocenters. The van der Waals surface area contributed by atoms with Gasteiger partial charge in [0.25, 0.3) is 0 Å². The smallest absolute Gasteiger partial charge is 0.00248 e. The van der Waals surface area contributed by atoms with Crippen molar-refractivity contribution in [3.8, 4) is 0 Å². The lowest BCUT2D eigenvalue weighted by molar-refractivity contribution is 0.155. The number of fused-ring (bicyclic) bond motifs is 1. The third-order valence-electron chi connectivity index (χ3n) is 3.24. The quantitative estimate of drug-likeness (QED) is 0.604. The van der Waals surface area contributed by atoms with Crippen molar-refractivity contribution in [2.45, 2.75) is 13.3 Å². The van der Waals surface area contributed by atoms with E-state index in [-0.39, 0.29) is 1.43 Å². The van der Waals surface area contributed by atoms with Crippen LogP contribution in [0.5, 0.6) is 0 Å². The average molecular weight is 156 g/mol. The van der Waals surface area contributed by atoms with Gasteiger partial charge in [0.15, 0.2) is 0 Å². The molecule has 2 heterocycles. The fourth-order valence-corrected chi connectivity index (χ4v) is 2.40. The third-order valence-corrected chi connectivity index (χ3v) is 3.24. The molecule has 0 bridgehead atoms. The lowest BCUT2D eigenvalue weighted by Crippen LogP contribution is -2.39. The minimum Gasteiger partial charge on any atom is -0.316 e. The molecule has 2 aliphatic heterocycles. The molecule has 2 aliphatic rings. The van der Waals surface area contributed by atoms with Crippen molar-refractivity contribution < 1.29 is 1.43 Å². The molecule has 0 amide bonds. The molecule has 0 spiro atoms. The zero-order chi connectivity index (χ0) is 7.68. The van der Waals surface area contributed by atoms with Crippen LogP contribution in [0.2, 0.25) is 0 Å². The van der Waals surface area contributed by atoms with Crippen LogP contribution in [-0.4, -0.2) is 37.6 Å². The molecule has 0 radical (unpaired) electrons. The van der Waals surface area contributed by atoms with Gasteiger partial charge in [-0.05, 0) is 44.4 Å². The summed E-state index contributed by atoms with van der Waals surface area (Å²) in [5, 5.41) is 3.48. The third kappa shape index (κ3) is 1.42. The minimum absolute atomic E-state index is 0. The minimum atomic E-state index is 0. The van der Waals surface area contributed by atoms with E-state index in [0.29, 0.717) is 0 Å². The molecule has 2 nitrogen and oxygen atoms in total. The molecule has 2 rings (SSSR count). The molecule has 0 aromatic heterocycles. The Balaban J connectivity index is 0.000000720. The van der Waals surface area contributed by atoms with Crippen molar-refractivity contribution in [2.75, 3.05) is 32.7 Å². The fourth-order valence-electron chi connectivity index (χ4n) is 2.40. The normalized spacial score (nSPS) is 39.0.